The molecule has 0 atom stereocenters. The van der Waals surface area contributed by atoms with Gasteiger partial charge in [-0.1, -0.05) is 40.2 Å². The minimum Gasteiger partial charge on any atom is -0.493 e. The summed E-state index contributed by atoms with van der Waals surface area (Å²) in [4.78, 5) is 24.1. The molecule has 0 saturated carbocycles. The standard InChI is InChI=1S/C22H19Br2N3O5S/c1-30-16-4-2-3-5-17(16)31-12-20(29)26-27-22(33)25-19(28)11-32-18-9-6-13-10-14(23)7-8-15(13)21(18)24/h2-10H,11-12H2,1H3,(H,26,29)(H2,25,27,28,33). The average Bonchev–Trinajstić information content (AvgIpc) is 2.81. The van der Waals surface area contributed by atoms with E-state index in [0.29, 0.717) is 17.2 Å². The first-order valence-electron chi connectivity index (χ1n) is 9.52. The molecule has 0 aliphatic heterocycles. The first kappa shape index (κ1) is 24.7. The van der Waals surface area contributed by atoms with Crippen LogP contribution < -0.4 is 30.4 Å². The molecule has 0 spiro atoms. The maximum Gasteiger partial charge on any atom is 0.276 e. The molecule has 0 fully saturated rings. The fourth-order valence-corrected chi connectivity index (χ4v) is 3.89. The molecule has 0 aliphatic rings. The van der Waals surface area contributed by atoms with Crippen LogP contribution in [0.3, 0.4) is 0 Å². The van der Waals surface area contributed by atoms with Crippen LogP contribution in [0.15, 0.2) is 63.5 Å². The Kier molecular flexibility index (Phi) is 8.87. The predicted molar refractivity (Wildman–Crippen MR) is 135 cm³/mol. The third-order valence-electron chi connectivity index (χ3n) is 4.24. The number of carbonyl (C=O) groups excluding carboxylic acids is 2. The summed E-state index contributed by atoms with van der Waals surface area (Å²) >= 11 is 12.0. The lowest BCUT2D eigenvalue weighted by molar-refractivity contribution is -0.124. The van der Waals surface area contributed by atoms with Crippen molar-refractivity contribution in [2.24, 2.45) is 0 Å². The van der Waals surface area contributed by atoms with Gasteiger partial charge in [-0.2, -0.15) is 0 Å². The second-order valence-electron chi connectivity index (χ2n) is 6.52. The summed E-state index contributed by atoms with van der Waals surface area (Å²) in [6, 6.07) is 16.4. The predicted octanol–water partition coefficient (Wildman–Crippen LogP) is 3.85. The number of ether oxygens (including phenoxy) is 3. The summed E-state index contributed by atoms with van der Waals surface area (Å²) < 4.78 is 17.9. The van der Waals surface area contributed by atoms with Crippen molar-refractivity contribution in [1.82, 2.24) is 16.2 Å². The van der Waals surface area contributed by atoms with Gasteiger partial charge in [0.05, 0.1) is 11.6 Å². The lowest BCUT2D eigenvalue weighted by Gasteiger charge is -2.13. The molecule has 172 valence electrons. The van der Waals surface area contributed by atoms with E-state index in [2.05, 4.69) is 48.0 Å². The van der Waals surface area contributed by atoms with Crippen molar-refractivity contribution in [3.05, 3.63) is 63.5 Å². The lowest BCUT2D eigenvalue weighted by atomic mass is 10.1. The summed E-state index contributed by atoms with van der Waals surface area (Å²) in [6.07, 6.45) is 0. The van der Waals surface area contributed by atoms with E-state index in [1.807, 2.05) is 24.3 Å². The van der Waals surface area contributed by atoms with Gasteiger partial charge in [0.2, 0.25) is 0 Å². The summed E-state index contributed by atoms with van der Waals surface area (Å²) in [5.74, 6) is 0.457. The minimum atomic E-state index is -0.500. The van der Waals surface area contributed by atoms with Crippen LogP contribution >= 0.6 is 44.1 Å². The van der Waals surface area contributed by atoms with Crippen molar-refractivity contribution in [1.29, 1.82) is 0 Å². The molecular weight excluding hydrogens is 578 g/mol. The zero-order valence-electron chi connectivity index (χ0n) is 17.3. The highest BCUT2D eigenvalue weighted by Crippen LogP contribution is 2.34. The van der Waals surface area contributed by atoms with Crippen LogP contribution in [0.1, 0.15) is 0 Å². The molecule has 0 unspecified atom stereocenters. The Hall–Kier alpha value is -2.89. The number of carbonyl (C=O) groups is 2. The number of fused-ring (bicyclic) bond motifs is 1. The molecule has 3 aromatic carbocycles. The number of rotatable bonds is 7. The number of amides is 2. The highest BCUT2D eigenvalue weighted by molar-refractivity contribution is 9.11. The van der Waals surface area contributed by atoms with Gasteiger partial charge in [0.1, 0.15) is 5.75 Å². The number of para-hydroxylation sites is 2. The summed E-state index contributed by atoms with van der Waals surface area (Å²) in [5.41, 5.74) is 4.78. The van der Waals surface area contributed by atoms with E-state index in [1.54, 1.807) is 30.3 Å². The molecule has 33 heavy (non-hydrogen) atoms. The number of hydrogen-bond donors (Lipinski definition) is 3. The van der Waals surface area contributed by atoms with Crippen LogP contribution in [0, 0.1) is 0 Å². The molecule has 2 amide bonds. The fourth-order valence-electron chi connectivity index (χ4n) is 2.74. The van der Waals surface area contributed by atoms with Crippen LogP contribution in [0.5, 0.6) is 17.2 Å². The van der Waals surface area contributed by atoms with E-state index in [9.17, 15) is 9.59 Å². The van der Waals surface area contributed by atoms with Gasteiger partial charge < -0.3 is 14.2 Å². The SMILES string of the molecule is COc1ccccc1OCC(=O)NNC(=S)NC(=O)COc1ccc2cc(Br)ccc2c1Br. The zero-order valence-corrected chi connectivity index (χ0v) is 21.3. The topological polar surface area (TPSA) is 97.9 Å². The van der Waals surface area contributed by atoms with Gasteiger partial charge >= 0.3 is 0 Å². The third-order valence-corrected chi connectivity index (χ3v) is 5.75. The molecule has 3 aromatic rings. The average molecular weight is 597 g/mol. The number of benzene rings is 3. The number of hydrazine groups is 1. The second kappa shape index (κ2) is 11.8. The first-order chi connectivity index (χ1) is 15.9. The Morgan fingerprint density at radius 1 is 0.879 bits per heavy atom. The zero-order chi connectivity index (χ0) is 23.8. The molecular formula is C22H19Br2N3O5S. The largest absolute Gasteiger partial charge is 0.493 e. The minimum absolute atomic E-state index is 0.0864. The third kappa shape index (κ3) is 7.04. The number of nitrogens with one attached hydrogen (secondary N) is 3. The maximum absolute atomic E-state index is 12.1. The molecule has 3 N–H and O–H groups in total. The molecule has 0 aliphatic carbocycles. The summed E-state index contributed by atoms with van der Waals surface area (Å²) in [6.45, 7) is -0.549. The Bertz CT molecular complexity index is 1190. The smallest absolute Gasteiger partial charge is 0.276 e. The van der Waals surface area contributed by atoms with Gasteiger partial charge in [-0.3, -0.25) is 25.8 Å². The molecule has 0 heterocycles. The first-order valence-corrected chi connectivity index (χ1v) is 11.5. The van der Waals surface area contributed by atoms with E-state index in [0.717, 1.165) is 19.7 Å². The fraction of sp³-hybridized carbons (Fsp3) is 0.136. The Balaban J connectivity index is 1.42. The van der Waals surface area contributed by atoms with Crippen LogP contribution in [-0.4, -0.2) is 37.3 Å². The van der Waals surface area contributed by atoms with Gasteiger partial charge in [-0.15, -0.1) is 0 Å². The Labute approximate surface area is 212 Å². The molecule has 3 rings (SSSR count). The Morgan fingerprint density at radius 2 is 1.58 bits per heavy atom. The van der Waals surface area contributed by atoms with Crippen molar-refractivity contribution in [3.8, 4) is 17.2 Å². The molecule has 0 bridgehead atoms. The number of halogens is 2. The molecule has 0 radical (unpaired) electrons. The Morgan fingerprint density at radius 3 is 2.33 bits per heavy atom. The van der Waals surface area contributed by atoms with Gasteiger partial charge in [-0.25, -0.2) is 0 Å². The van der Waals surface area contributed by atoms with E-state index >= 15 is 0 Å². The van der Waals surface area contributed by atoms with Crippen molar-refractivity contribution < 1.29 is 23.8 Å². The summed E-state index contributed by atoms with van der Waals surface area (Å²) in [7, 11) is 1.51. The van der Waals surface area contributed by atoms with Crippen molar-refractivity contribution in [2.45, 2.75) is 0 Å². The van der Waals surface area contributed by atoms with E-state index < -0.39 is 11.8 Å². The van der Waals surface area contributed by atoms with Crippen molar-refractivity contribution in [3.63, 3.8) is 0 Å². The van der Waals surface area contributed by atoms with Crippen LogP contribution in [-0.2, 0) is 9.59 Å². The molecule has 8 nitrogen and oxygen atoms in total. The van der Waals surface area contributed by atoms with Gasteiger partial charge in [0.15, 0.2) is 29.8 Å². The molecule has 0 aromatic heterocycles. The van der Waals surface area contributed by atoms with Crippen molar-refractivity contribution in [2.75, 3.05) is 20.3 Å². The monoisotopic (exact) mass is 595 g/mol. The normalized spacial score (nSPS) is 10.3. The van der Waals surface area contributed by atoms with E-state index in [1.165, 1.54) is 7.11 Å². The van der Waals surface area contributed by atoms with E-state index in [-0.39, 0.29) is 18.3 Å². The van der Waals surface area contributed by atoms with Crippen molar-refractivity contribution >= 4 is 71.8 Å². The number of hydrogen-bond acceptors (Lipinski definition) is 6. The van der Waals surface area contributed by atoms with Crippen LogP contribution in [0.4, 0.5) is 0 Å². The van der Waals surface area contributed by atoms with Gasteiger partial charge in [-0.05, 0) is 69.3 Å². The highest BCUT2D eigenvalue weighted by Gasteiger charge is 2.11. The highest BCUT2D eigenvalue weighted by atomic mass is 79.9. The maximum atomic E-state index is 12.1. The quantitative estimate of drug-likeness (QED) is 0.281. The van der Waals surface area contributed by atoms with Crippen LogP contribution in [0.25, 0.3) is 10.8 Å². The molecule has 0 saturated heterocycles. The number of methoxy groups -OCH3 is 1. The number of thiocarbonyl (C=S) groups is 1. The van der Waals surface area contributed by atoms with Gasteiger partial charge in [0.25, 0.3) is 11.8 Å². The summed E-state index contributed by atoms with van der Waals surface area (Å²) in [5, 5.41) is 4.30. The second-order valence-corrected chi connectivity index (χ2v) is 8.64. The molecule has 11 heteroatoms. The lowest BCUT2D eigenvalue weighted by Crippen LogP contribution is -2.50. The van der Waals surface area contributed by atoms with E-state index in [4.69, 9.17) is 26.4 Å². The van der Waals surface area contributed by atoms with Crippen LogP contribution in [0.2, 0.25) is 0 Å². The van der Waals surface area contributed by atoms with Gasteiger partial charge in [0, 0.05) is 4.47 Å².